The molecule has 0 amide bonds. The molecule has 1 aromatic carbocycles. The molecule has 1 aromatic rings. The van der Waals surface area contributed by atoms with Gasteiger partial charge in [-0.2, -0.15) is 0 Å². The lowest BCUT2D eigenvalue weighted by Gasteiger charge is -1.99. The van der Waals surface area contributed by atoms with Crippen LogP contribution < -0.4 is 0 Å². The number of carboxylic acid groups (broad SMARTS) is 1. The van der Waals surface area contributed by atoms with Crippen molar-refractivity contribution < 1.29 is 9.90 Å². The number of benzene rings is 1. The zero-order chi connectivity index (χ0) is 11.8. The fraction of sp³-hybridized carbons (Fsp3) is 0.222. The Morgan fingerprint density at radius 2 is 2.12 bits per heavy atom. The standard InChI is InChI=1S/C9H9N3O2S2/c10-12-11-7-1-3-8(4-2-7)16-15-6-5-9(13)14/h1-4H,5-6H2,(H,13,14). The lowest BCUT2D eigenvalue weighted by Crippen LogP contribution is -1.94. The van der Waals surface area contributed by atoms with Crippen LogP contribution in [0.1, 0.15) is 6.42 Å². The van der Waals surface area contributed by atoms with Crippen molar-refractivity contribution in [1.29, 1.82) is 0 Å². The Kier molecular flexibility index (Phi) is 5.63. The molecule has 0 saturated heterocycles. The van der Waals surface area contributed by atoms with Gasteiger partial charge in [0.25, 0.3) is 0 Å². The van der Waals surface area contributed by atoms with Gasteiger partial charge in [0.2, 0.25) is 0 Å². The molecule has 5 nitrogen and oxygen atoms in total. The average Bonchev–Trinajstić information content (AvgIpc) is 2.27. The van der Waals surface area contributed by atoms with Gasteiger partial charge in [-0.25, -0.2) is 0 Å². The van der Waals surface area contributed by atoms with Crippen molar-refractivity contribution in [2.45, 2.75) is 11.3 Å². The van der Waals surface area contributed by atoms with Crippen LogP contribution in [0.4, 0.5) is 5.69 Å². The maximum absolute atomic E-state index is 10.3. The van der Waals surface area contributed by atoms with Gasteiger partial charge in [-0.15, -0.1) is 0 Å². The van der Waals surface area contributed by atoms with E-state index >= 15 is 0 Å². The first-order valence-electron chi connectivity index (χ1n) is 4.39. The molecule has 0 heterocycles. The third kappa shape index (κ3) is 4.97. The van der Waals surface area contributed by atoms with Gasteiger partial charge in [0.1, 0.15) is 0 Å². The second kappa shape index (κ2) is 7.05. The summed E-state index contributed by atoms with van der Waals surface area (Å²) >= 11 is 0. The van der Waals surface area contributed by atoms with Crippen molar-refractivity contribution in [3.05, 3.63) is 34.7 Å². The molecular weight excluding hydrogens is 246 g/mol. The summed E-state index contributed by atoms with van der Waals surface area (Å²) in [4.78, 5) is 13.9. The van der Waals surface area contributed by atoms with E-state index in [-0.39, 0.29) is 6.42 Å². The van der Waals surface area contributed by atoms with Gasteiger partial charge in [0.15, 0.2) is 0 Å². The Balaban J connectivity index is 2.37. The SMILES string of the molecule is [N-]=[N+]=Nc1ccc(SSCCC(=O)O)cc1. The molecule has 16 heavy (non-hydrogen) atoms. The van der Waals surface area contributed by atoms with Crippen LogP contribution in [0, 0.1) is 0 Å². The van der Waals surface area contributed by atoms with Crippen LogP contribution in [0.3, 0.4) is 0 Å². The van der Waals surface area contributed by atoms with Gasteiger partial charge in [0, 0.05) is 21.2 Å². The molecule has 0 fully saturated rings. The van der Waals surface area contributed by atoms with Gasteiger partial charge in [-0.1, -0.05) is 38.8 Å². The third-order valence-electron chi connectivity index (χ3n) is 1.55. The number of aliphatic carboxylic acids is 1. The van der Waals surface area contributed by atoms with E-state index in [1.54, 1.807) is 12.1 Å². The van der Waals surface area contributed by atoms with Crippen molar-refractivity contribution in [2.24, 2.45) is 5.11 Å². The van der Waals surface area contributed by atoms with E-state index in [0.717, 1.165) is 4.90 Å². The molecule has 7 heteroatoms. The minimum Gasteiger partial charge on any atom is -0.481 e. The van der Waals surface area contributed by atoms with Crippen molar-refractivity contribution in [3.8, 4) is 0 Å². The van der Waals surface area contributed by atoms with E-state index in [0.29, 0.717) is 11.4 Å². The van der Waals surface area contributed by atoms with Crippen LogP contribution in [-0.2, 0) is 4.79 Å². The number of hydrogen-bond acceptors (Lipinski definition) is 4. The Labute approximate surface area is 100 Å². The van der Waals surface area contributed by atoms with E-state index in [2.05, 4.69) is 10.0 Å². The first-order valence-corrected chi connectivity index (χ1v) is 6.70. The fourth-order valence-corrected chi connectivity index (χ4v) is 2.82. The molecule has 1 rings (SSSR count). The van der Waals surface area contributed by atoms with Gasteiger partial charge >= 0.3 is 5.97 Å². The van der Waals surface area contributed by atoms with Crippen molar-refractivity contribution in [3.63, 3.8) is 0 Å². The zero-order valence-electron chi connectivity index (χ0n) is 8.24. The first kappa shape index (κ1) is 12.8. The molecule has 0 radical (unpaired) electrons. The highest BCUT2D eigenvalue weighted by atomic mass is 33.1. The second-order valence-electron chi connectivity index (χ2n) is 2.73. The Bertz CT molecular complexity index is 402. The minimum atomic E-state index is -0.785. The summed E-state index contributed by atoms with van der Waals surface area (Å²) in [5, 5.41) is 11.9. The Morgan fingerprint density at radius 1 is 1.44 bits per heavy atom. The summed E-state index contributed by atoms with van der Waals surface area (Å²) in [7, 11) is 2.99. The maximum atomic E-state index is 10.3. The van der Waals surface area contributed by atoms with Crippen molar-refractivity contribution in [2.75, 3.05) is 5.75 Å². The summed E-state index contributed by atoms with van der Waals surface area (Å²) in [6, 6.07) is 7.12. The van der Waals surface area contributed by atoms with E-state index in [4.69, 9.17) is 10.6 Å². The molecule has 0 aromatic heterocycles. The molecule has 0 aliphatic rings. The number of nitrogens with zero attached hydrogens (tertiary/aromatic N) is 3. The molecule has 0 aliphatic heterocycles. The Hall–Kier alpha value is -1.30. The van der Waals surface area contributed by atoms with Crippen LogP contribution in [0.2, 0.25) is 0 Å². The molecule has 0 bridgehead atoms. The molecule has 0 spiro atoms. The summed E-state index contributed by atoms with van der Waals surface area (Å²) < 4.78 is 0. The highest BCUT2D eigenvalue weighted by molar-refractivity contribution is 8.76. The smallest absolute Gasteiger partial charge is 0.304 e. The predicted octanol–water partition coefficient (Wildman–Crippen LogP) is 3.84. The molecule has 0 aliphatic carbocycles. The van der Waals surface area contributed by atoms with Gasteiger partial charge < -0.3 is 5.11 Å². The minimum absolute atomic E-state index is 0.161. The summed E-state index contributed by atoms with van der Waals surface area (Å²) in [5.41, 5.74) is 8.78. The maximum Gasteiger partial charge on any atom is 0.304 e. The number of azide groups is 1. The van der Waals surface area contributed by atoms with Gasteiger partial charge in [-0.3, -0.25) is 4.79 Å². The largest absolute Gasteiger partial charge is 0.481 e. The zero-order valence-corrected chi connectivity index (χ0v) is 9.87. The highest BCUT2D eigenvalue weighted by Gasteiger charge is 1.98. The van der Waals surface area contributed by atoms with Crippen molar-refractivity contribution in [1.82, 2.24) is 0 Å². The van der Waals surface area contributed by atoms with Crippen LogP contribution in [0.15, 0.2) is 34.3 Å². The molecule has 1 N–H and O–H groups in total. The average molecular weight is 255 g/mol. The van der Waals surface area contributed by atoms with Crippen molar-refractivity contribution >= 4 is 33.2 Å². The van der Waals surface area contributed by atoms with Gasteiger partial charge in [0.05, 0.1) is 6.42 Å². The monoisotopic (exact) mass is 255 g/mol. The molecule has 0 saturated carbocycles. The predicted molar refractivity (Wildman–Crippen MR) is 65.8 cm³/mol. The topological polar surface area (TPSA) is 86.1 Å². The number of rotatable bonds is 6. The number of hydrogen-bond donors (Lipinski definition) is 1. The van der Waals surface area contributed by atoms with Crippen LogP contribution in [0.25, 0.3) is 10.4 Å². The van der Waals surface area contributed by atoms with Crippen LogP contribution in [0.5, 0.6) is 0 Å². The van der Waals surface area contributed by atoms with E-state index in [1.165, 1.54) is 21.6 Å². The molecule has 0 atom stereocenters. The van der Waals surface area contributed by atoms with E-state index in [9.17, 15) is 4.79 Å². The van der Waals surface area contributed by atoms with E-state index < -0.39 is 5.97 Å². The molecule has 0 unspecified atom stereocenters. The molecular formula is C9H9N3O2S2. The first-order chi connectivity index (χ1) is 7.72. The summed E-state index contributed by atoms with van der Waals surface area (Å²) in [6.07, 6.45) is 0.161. The summed E-state index contributed by atoms with van der Waals surface area (Å²) in [6.45, 7) is 0. The lowest BCUT2D eigenvalue weighted by molar-refractivity contribution is -0.136. The summed E-state index contributed by atoms with van der Waals surface area (Å²) in [5.74, 6) is -0.218. The molecule has 84 valence electrons. The van der Waals surface area contributed by atoms with Crippen LogP contribution >= 0.6 is 21.6 Å². The third-order valence-corrected chi connectivity index (χ3v) is 3.94. The fourth-order valence-electron chi connectivity index (χ4n) is 0.859. The van der Waals surface area contributed by atoms with Crippen LogP contribution in [-0.4, -0.2) is 16.8 Å². The van der Waals surface area contributed by atoms with E-state index in [1.807, 2.05) is 12.1 Å². The number of carboxylic acids is 1. The van der Waals surface area contributed by atoms with Gasteiger partial charge in [-0.05, 0) is 17.7 Å². The quantitative estimate of drug-likeness (QED) is 0.275. The number of carbonyl (C=O) groups is 1. The highest BCUT2D eigenvalue weighted by Crippen LogP contribution is 2.32. The normalized spacial score (nSPS) is 9.50. The Morgan fingerprint density at radius 3 is 2.69 bits per heavy atom. The second-order valence-corrected chi connectivity index (χ2v) is 5.22. The lowest BCUT2D eigenvalue weighted by atomic mass is 10.3.